The van der Waals surface area contributed by atoms with E-state index in [1.807, 2.05) is 12.1 Å². The fourth-order valence-corrected chi connectivity index (χ4v) is 3.05. The van der Waals surface area contributed by atoms with Crippen LogP contribution in [0.3, 0.4) is 0 Å². The molecule has 4 nitrogen and oxygen atoms in total. The Morgan fingerprint density at radius 3 is 2.55 bits per heavy atom. The van der Waals surface area contributed by atoms with Crippen molar-refractivity contribution in [2.75, 3.05) is 12.8 Å². The molecule has 3 N–H and O–H groups in total. The molecule has 0 aliphatic heterocycles. The van der Waals surface area contributed by atoms with Crippen LogP contribution in [-0.2, 0) is 11.2 Å². The maximum Gasteiger partial charge on any atom is 0.123 e. The van der Waals surface area contributed by atoms with Crippen LogP contribution in [0, 0.1) is 5.41 Å². The third-order valence-corrected chi connectivity index (χ3v) is 4.74. The highest BCUT2D eigenvalue weighted by Gasteiger charge is 2.43. The largest absolute Gasteiger partial charge is 0.390 e. The number of nitrogen functional groups attached to an aromatic ring is 1. The molecule has 1 aromatic rings. The number of pyridine rings is 1. The Bertz CT molecular complexity index is 450. The number of methoxy groups -OCH3 is 1. The molecule has 1 heterocycles. The minimum Gasteiger partial charge on any atom is -0.390 e. The van der Waals surface area contributed by atoms with Crippen molar-refractivity contribution in [3.63, 3.8) is 0 Å². The molecular formula is C16H26N2O2. The van der Waals surface area contributed by atoms with E-state index >= 15 is 0 Å². The van der Waals surface area contributed by atoms with Gasteiger partial charge in [-0.05, 0) is 48.8 Å². The summed E-state index contributed by atoms with van der Waals surface area (Å²) in [7, 11) is 1.71. The number of nitrogens with two attached hydrogens (primary N) is 1. The molecule has 1 aliphatic carbocycles. The summed E-state index contributed by atoms with van der Waals surface area (Å²) in [6, 6.07) is 3.72. The topological polar surface area (TPSA) is 68.4 Å². The molecule has 1 atom stereocenters. The second-order valence-corrected chi connectivity index (χ2v) is 6.74. The van der Waals surface area contributed by atoms with E-state index in [2.05, 4.69) is 18.8 Å². The van der Waals surface area contributed by atoms with E-state index in [1.54, 1.807) is 13.3 Å². The maximum absolute atomic E-state index is 10.7. The highest BCUT2D eigenvalue weighted by Crippen LogP contribution is 2.43. The van der Waals surface area contributed by atoms with Gasteiger partial charge in [0.15, 0.2) is 0 Å². The summed E-state index contributed by atoms with van der Waals surface area (Å²) in [6.07, 6.45) is 5.69. The van der Waals surface area contributed by atoms with Gasteiger partial charge in [0, 0.05) is 19.7 Å². The van der Waals surface area contributed by atoms with E-state index in [4.69, 9.17) is 10.5 Å². The zero-order valence-electron chi connectivity index (χ0n) is 12.7. The van der Waals surface area contributed by atoms with E-state index in [0.29, 0.717) is 17.7 Å². The smallest absolute Gasteiger partial charge is 0.123 e. The van der Waals surface area contributed by atoms with E-state index in [0.717, 1.165) is 31.2 Å². The Balaban J connectivity index is 2.08. The fourth-order valence-electron chi connectivity index (χ4n) is 3.05. The maximum atomic E-state index is 10.7. The third-order valence-electron chi connectivity index (χ3n) is 4.74. The Hall–Kier alpha value is -1.13. The number of nitrogens with zero attached hydrogens (tertiary/aromatic N) is 1. The second kappa shape index (κ2) is 5.70. The summed E-state index contributed by atoms with van der Waals surface area (Å²) in [5.41, 5.74) is 6.62. The number of hydrogen-bond donors (Lipinski definition) is 2. The first-order valence-corrected chi connectivity index (χ1v) is 7.31. The van der Waals surface area contributed by atoms with E-state index < -0.39 is 11.7 Å². The molecule has 1 fully saturated rings. The number of rotatable bonds is 4. The average Bonchev–Trinajstić information content (AvgIpc) is 2.39. The van der Waals surface area contributed by atoms with Gasteiger partial charge in [0.1, 0.15) is 5.82 Å². The zero-order valence-corrected chi connectivity index (χ0v) is 12.7. The van der Waals surface area contributed by atoms with Crippen molar-refractivity contribution in [3.05, 3.63) is 23.9 Å². The second-order valence-electron chi connectivity index (χ2n) is 6.74. The molecule has 0 spiro atoms. The van der Waals surface area contributed by atoms with Gasteiger partial charge in [-0.1, -0.05) is 13.8 Å². The van der Waals surface area contributed by atoms with Crippen molar-refractivity contribution >= 4 is 5.82 Å². The molecule has 0 aromatic carbocycles. The van der Waals surface area contributed by atoms with Gasteiger partial charge in [-0.2, -0.15) is 0 Å². The van der Waals surface area contributed by atoms with Gasteiger partial charge < -0.3 is 15.6 Å². The molecule has 1 saturated carbocycles. The molecule has 1 aliphatic rings. The van der Waals surface area contributed by atoms with Gasteiger partial charge in [0.05, 0.1) is 11.7 Å². The summed E-state index contributed by atoms with van der Waals surface area (Å²) >= 11 is 0. The highest BCUT2D eigenvalue weighted by atomic mass is 16.5. The first-order valence-electron chi connectivity index (χ1n) is 7.31. The lowest BCUT2D eigenvalue weighted by Crippen LogP contribution is -2.49. The monoisotopic (exact) mass is 278 g/mol. The number of aliphatic hydroxyl groups is 1. The third kappa shape index (κ3) is 3.30. The molecule has 2 rings (SSSR count). The summed E-state index contributed by atoms with van der Waals surface area (Å²) < 4.78 is 5.74. The first kappa shape index (κ1) is 15.3. The quantitative estimate of drug-likeness (QED) is 0.888. The molecule has 4 heteroatoms. The van der Waals surface area contributed by atoms with Crippen LogP contribution in [0.5, 0.6) is 0 Å². The van der Waals surface area contributed by atoms with Crippen molar-refractivity contribution in [1.29, 1.82) is 0 Å². The van der Waals surface area contributed by atoms with Crippen LogP contribution < -0.4 is 5.73 Å². The van der Waals surface area contributed by atoms with Gasteiger partial charge >= 0.3 is 0 Å². The van der Waals surface area contributed by atoms with Crippen molar-refractivity contribution in [2.45, 2.75) is 57.7 Å². The van der Waals surface area contributed by atoms with Crippen molar-refractivity contribution in [3.8, 4) is 0 Å². The number of anilines is 1. The molecule has 0 amide bonds. The summed E-state index contributed by atoms with van der Waals surface area (Å²) in [5, 5.41) is 10.7. The molecule has 20 heavy (non-hydrogen) atoms. The summed E-state index contributed by atoms with van der Waals surface area (Å²) in [5.74, 6) is 0.492. The molecule has 1 unspecified atom stereocenters. The van der Waals surface area contributed by atoms with Crippen LogP contribution in [0.4, 0.5) is 5.82 Å². The lowest BCUT2D eigenvalue weighted by molar-refractivity contribution is -0.135. The summed E-state index contributed by atoms with van der Waals surface area (Å²) in [6.45, 7) is 4.56. The zero-order chi connectivity index (χ0) is 14.8. The Labute approximate surface area is 121 Å². The van der Waals surface area contributed by atoms with Crippen LogP contribution >= 0.6 is 0 Å². The Morgan fingerprint density at radius 2 is 2.00 bits per heavy atom. The molecule has 0 saturated heterocycles. The van der Waals surface area contributed by atoms with Crippen molar-refractivity contribution in [2.24, 2.45) is 5.41 Å². The van der Waals surface area contributed by atoms with Crippen molar-refractivity contribution in [1.82, 2.24) is 4.98 Å². The normalized spacial score (nSPS) is 22.4. The molecule has 1 aromatic heterocycles. The molecular weight excluding hydrogens is 252 g/mol. The first-order chi connectivity index (χ1) is 9.37. The van der Waals surface area contributed by atoms with E-state index in [9.17, 15) is 5.11 Å². The van der Waals surface area contributed by atoms with Crippen LogP contribution in [0.1, 0.15) is 45.1 Å². The van der Waals surface area contributed by atoms with Crippen molar-refractivity contribution < 1.29 is 9.84 Å². The average molecular weight is 278 g/mol. The van der Waals surface area contributed by atoms with Gasteiger partial charge in [0.25, 0.3) is 0 Å². The van der Waals surface area contributed by atoms with Gasteiger partial charge in [0.2, 0.25) is 0 Å². The minimum atomic E-state index is -0.509. The van der Waals surface area contributed by atoms with E-state index in [-0.39, 0.29) is 0 Å². The SMILES string of the molecule is COC1(C(O)Cc2ccnc(N)c2)CCC(C)(C)CC1. The molecule has 0 bridgehead atoms. The Kier molecular flexibility index (Phi) is 4.35. The molecule has 112 valence electrons. The number of aliphatic hydroxyl groups excluding tert-OH is 1. The lowest BCUT2D eigenvalue weighted by atomic mass is 9.68. The minimum absolute atomic E-state index is 0.350. The number of aromatic nitrogens is 1. The van der Waals surface area contributed by atoms with Crippen LogP contribution in [0.2, 0.25) is 0 Å². The number of ether oxygens (including phenoxy) is 1. The Morgan fingerprint density at radius 1 is 1.35 bits per heavy atom. The highest BCUT2D eigenvalue weighted by molar-refractivity contribution is 5.32. The predicted molar refractivity (Wildman–Crippen MR) is 80.3 cm³/mol. The van der Waals surface area contributed by atoms with Crippen LogP contribution in [0.25, 0.3) is 0 Å². The number of hydrogen-bond acceptors (Lipinski definition) is 4. The van der Waals surface area contributed by atoms with E-state index in [1.165, 1.54) is 0 Å². The standard InChI is InChI=1S/C16H26N2O2/c1-15(2)5-7-16(20-3,8-6-15)13(19)10-12-4-9-18-14(17)11-12/h4,9,11,13,19H,5-8,10H2,1-3H3,(H2,17,18). The summed E-state index contributed by atoms with van der Waals surface area (Å²) in [4.78, 5) is 3.98. The van der Waals surface area contributed by atoms with Crippen LogP contribution in [0.15, 0.2) is 18.3 Å². The fraction of sp³-hybridized carbons (Fsp3) is 0.688. The van der Waals surface area contributed by atoms with Crippen LogP contribution in [-0.4, -0.2) is 28.9 Å². The van der Waals surface area contributed by atoms with Gasteiger partial charge in [-0.15, -0.1) is 0 Å². The predicted octanol–water partition coefficient (Wildman–Crippen LogP) is 2.55. The van der Waals surface area contributed by atoms with Gasteiger partial charge in [-0.3, -0.25) is 0 Å². The molecule has 0 radical (unpaired) electrons. The van der Waals surface area contributed by atoms with Gasteiger partial charge in [-0.25, -0.2) is 4.98 Å². The lowest BCUT2D eigenvalue weighted by Gasteiger charge is -2.45.